The van der Waals surface area contributed by atoms with Crippen LogP contribution in [-0.4, -0.2) is 24.7 Å². The van der Waals surface area contributed by atoms with E-state index in [1.54, 1.807) is 0 Å². The number of anilines is 1. The maximum atomic E-state index is 5.96. The molecule has 1 aromatic carbocycles. The van der Waals surface area contributed by atoms with E-state index in [4.69, 9.17) is 10.5 Å². The second kappa shape index (κ2) is 6.75. The van der Waals surface area contributed by atoms with Gasteiger partial charge in [-0.15, -0.1) is 0 Å². The number of aliphatic imine (C=N–C) groups is 1. The molecule has 0 heterocycles. The summed E-state index contributed by atoms with van der Waals surface area (Å²) in [5.41, 5.74) is 8.25. The largest absolute Gasteiger partial charge is 0.378 e. The molecule has 3 N–H and O–H groups in total. The van der Waals surface area contributed by atoms with E-state index in [1.165, 1.54) is 5.56 Å². The molecular formula is C16H25N3O. The first-order valence-corrected chi connectivity index (χ1v) is 7.40. The van der Waals surface area contributed by atoms with Crippen molar-refractivity contribution in [3.8, 4) is 0 Å². The Kier molecular flexibility index (Phi) is 5.01. The van der Waals surface area contributed by atoms with Crippen molar-refractivity contribution in [2.75, 3.05) is 11.9 Å². The molecular weight excluding hydrogens is 250 g/mol. The summed E-state index contributed by atoms with van der Waals surface area (Å²) in [4.78, 5) is 4.49. The zero-order valence-electron chi connectivity index (χ0n) is 12.6. The van der Waals surface area contributed by atoms with Gasteiger partial charge in [0.15, 0.2) is 5.96 Å². The average Bonchev–Trinajstić information content (AvgIpc) is 2.36. The third kappa shape index (κ3) is 3.97. The SMILES string of the molecule is CCOC1CC(N=C(N)Nc2cccc(C(C)C)c2)C1. The first-order chi connectivity index (χ1) is 9.58. The van der Waals surface area contributed by atoms with Gasteiger partial charge in [-0.25, -0.2) is 4.99 Å². The number of benzene rings is 1. The Morgan fingerprint density at radius 1 is 1.45 bits per heavy atom. The minimum atomic E-state index is 0.298. The van der Waals surface area contributed by atoms with Crippen LogP contribution in [0.2, 0.25) is 0 Å². The van der Waals surface area contributed by atoms with Gasteiger partial charge in [0, 0.05) is 12.3 Å². The molecule has 0 aromatic heterocycles. The van der Waals surface area contributed by atoms with Gasteiger partial charge in [0.2, 0.25) is 0 Å². The van der Waals surface area contributed by atoms with E-state index < -0.39 is 0 Å². The predicted octanol–water partition coefficient (Wildman–Crippen LogP) is 3.10. The molecule has 110 valence electrons. The van der Waals surface area contributed by atoms with Gasteiger partial charge in [-0.05, 0) is 43.4 Å². The van der Waals surface area contributed by atoms with Gasteiger partial charge in [-0.1, -0.05) is 26.0 Å². The normalized spacial score (nSPS) is 22.7. The van der Waals surface area contributed by atoms with Crippen molar-refractivity contribution in [2.24, 2.45) is 10.7 Å². The second-order valence-electron chi connectivity index (χ2n) is 5.62. The van der Waals surface area contributed by atoms with Crippen LogP contribution in [0.4, 0.5) is 5.69 Å². The predicted molar refractivity (Wildman–Crippen MR) is 84.2 cm³/mol. The van der Waals surface area contributed by atoms with Crippen molar-refractivity contribution in [1.82, 2.24) is 0 Å². The fourth-order valence-electron chi connectivity index (χ4n) is 2.37. The standard InChI is InChI=1S/C16H25N3O/c1-4-20-15-9-14(10-15)19-16(17)18-13-7-5-6-12(8-13)11(2)3/h5-8,11,14-15H,4,9-10H2,1-3H3,(H3,17,18,19). The van der Waals surface area contributed by atoms with Crippen LogP contribution in [0.5, 0.6) is 0 Å². The number of nitrogens with two attached hydrogens (primary N) is 1. The lowest BCUT2D eigenvalue weighted by molar-refractivity contribution is -0.000702. The topological polar surface area (TPSA) is 59.6 Å². The highest BCUT2D eigenvalue weighted by Gasteiger charge is 2.29. The van der Waals surface area contributed by atoms with Gasteiger partial charge in [-0.3, -0.25) is 0 Å². The minimum absolute atomic E-state index is 0.298. The monoisotopic (exact) mass is 275 g/mol. The molecule has 1 aliphatic rings. The van der Waals surface area contributed by atoms with Crippen LogP contribution >= 0.6 is 0 Å². The molecule has 1 aromatic rings. The second-order valence-corrected chi connectivity index (χ2v) is 5.62. The van der Waals surface area contributed by atoms with E-state index in [0.29, 0.717) is 24.0 Å². The summed E-state index contributed by atoms with van der Waals surface area (Å²) in [5, 5.41) is 3.17. The summed E-state index contributed by atoms with van der Waals surface area (Å²) in [7, 11) is 0. The van der Waals surface area contributed by atoms with Gasteiger partial charge in [-0.2, -0.15) is 0 Å². The van der Waals surface area contributed by atoms with Crippen LogP contribution < -0.4 is 11.1 Å². The van der Waals surface area contributed by atoms with Crippen LogP contribution in [0, 0.1) is 0 Å². The molecule has 0 bridgehead atoms. The molecule has 0 atom stereocenters. The maximum absolute atomic E-state index is 5.96. The highest BCUT2D eigenvalue weighted by atomic mass is 16.5. The first kappa shape index (κ1) is 14.9. The van der Waals surface area contributed by atoms with E-state index in [1.807, 2.05) is 19.1 Å². The Bertz CT molecular complexity index is 465. The van der Waals surface area contributed by atoms with Crippen LogP contribution in [0.1, 0.15) is 45.1 Å². The number of hydrogen-bond acceptors (Lipinski definition) is 2. The van der Waals surface area contributed by atoms with Gasteiger partial charge in [0.25, 0.3) is 0 Å². The molecule has 0 aliphatic heterocycles. The lowest BCUT2D eigenvalue weighted by atomic mass is 9.90. The van der Waals surface area contributed by atoms with Crippen molar-refractivity contribution >= 4 is 11.6 Å². The molecule has 0 unspecified atom stereocenters. The number of nitrogens with zero attached hydrogens (tertiary/aromatic N) is 1. The summed E-state index contributed by atoms with van der Waals surface area (Å²) in [5.74, 6) is 0.999. The summed E-state index contributed by atoms with van der Waals surface area (Å²) < 4.78 is 5.52. The van der Waals surface area contributed by atoms with Crippen LogP contribution in [0.15, 0.2) is 29.3 Å². The third-order valence-electron chi connectivity index (χ3n) is 3.62. The number of nitrogens with one attached hydrogen (secondary N) is 1. The van der Waals surface area contributed by atoms with Crippen molar-refractivity contribution in [3.63, 3.8) is 0 Å². The molecule has 20 heavy (non-hydrogen) atoms. The molecule has 1 aliphatic carbocycles. The lowest BCUT2D eigenvalue weighted by Gasteiger charge is -2.32. The van der Waals surface area contributed by atoms with E-state index >= 15 is 0 Å². The molecule has 0 amide bonds. The van der Waals surface area contributed by atoms with Crippen LogP contribution in [0.3, 0.4) is 0 Å². The Labute approximate surface area is 121 Å². The van der Waals surface area contributed by atoms with E-state index in [2.05, 4.69) is 36.3 Å². The molecule has 0 spiro atoms. The molecule has 4 nitrogen and oxygen atoms in total. The maximum Gasteiger partial charge on any atom is 0.193 e. The molecule has 4 heteroatoms. The highest BCUT2D eigenvalue weighted by molar-refractivity contribution is 5.92. The lowest BCUT2D eigenvalue weighted by Crippen LogP contribution is -2.37. The Morgan fingerprint density at radius 3 is 2.85 bits per heavy atom. The molecule has 0 saturated heterocycles. The quantitative estimate of drug-likeness (QED) is 0.641. The Balaban J connectivity index is 1.88. The van der Waals surface area contributed by atoms with Crippen molar-refractivity contribution in [3.05, 3.63) is 29.8 Å². The van der Waals surface area contributed by atoms with E-state index in [9.17, 15) is 0 Å². The van der Waals surface area contributed by atoms with Crippen LogP contribution in [-0.2, 0) is 4.74 Å². The Hall–Kier alpha value is -1.55. The van der Waals surface area contributed by atoms with Gasteiger partial charge >= 0.3 is 0 Å². The Morgan fingerprint density at radius 2 is 2.20 bits per heavy atom. The molecule has 1 saturated carbocycles. The smallest absolute Gasteiger partial charge is 0.193 e. The molecule has 1 fully saturated rings. The highest BCUT2D eigenvalue weighted by Crippen LogP contribution is 2.26. The molecule has 2 rings (SSSR count). The van der Waals surface area contributed by atoms with Crippen molar-refractivity contribution < 1.29 is 4.74 Å². The fourth-order valence-corrected chi connectivity index (χ4v) is 2.37. The molecule has 0 radical (unpaired) electrons. The van der Waals surface area contributed by atoms with Crippen molar-refractivity contribution in [1.29, 1.82) is 0 Å². The number of hydrogen-bond donors (Lipinski definition) is 2. The van der Waals surface area contributed by atoms with Gasteiger partial charge in [0.05, 0.1) is 12.1 Å². The van der Waals surface area contributed by atoms with Crippen LogP contribution in [0.25, 0.3) is 0 Å². The van der Waals surface area contributed by atoms with E-state index in [-0.39, 0.29) is 0 Å². The van der Waals surface area contributed by atoms with Crippen molar-refractivity contribution in [2.45, 2.75) is 51.7 Å². The third-order valence-corrected chi connectivity index (χ3v) is 3.62. The minimum Gasteiger partial charge on any atom is -0.378 e. The number of rotatable bonds is 5. The fraction of sp³-hybridized carbons (Fsp3) is 0.562. The average molecular weight is 275 g/mol. The summed E-state index contributed by atoms with van der Waals surface area (Å²) in [6.07, 6.45) is 2.32. The number of guanidine groups is 1. The summed E-state index contributed by atoms with van der Waals surface area (Å²) in [6.45, 7) is 7.16. The number of ether oxygens (including phenoxy) is 1. The van der Waals surface area contributed by atoms with Gasteiger partial charge in [0.1, 0.15) is 0 Å². The first-order valence-electron chi connectivity index (χ1n) is 7.40. The summed E-state index contributed by atoms with van der Waals surface area (Å²) in [6, 6.07) is 8.60. The summed E-state index contributed by atoms with van der Waals surface area (Å²) >= 11 is 0. The van der Waals surface area contributed by atoms with E-state index in [0.717, 1.165) is 25.1 Å². The van der Waals surface area contributed by atoms with Gasteiger partial charge < -0.3 is 15.8 Å². The zero-order valence-corrected chi connectivity index (χ0v) is 12.6. The zero-order chi connectivity index (χ0) is 14.5.